The van der Waals surface area contributed by atoms with E-state index in [0.717, 1.165) is 18.5 Å². The summed E-state index contributed by atoms with van der Waals surface area (Å²) in [5.74, 6) is 0.0837. The molecule has 1 aliphatic rings. The second-order valence-corrected chi connectivity index (χ2v) is 7.13. The van der Waals surface area contributed by atoms with Crippen molar-refractivity contribution in [3.05, 3.63) is 56.7 Å². The first-order chi connectivity index (χ1) is 10.6. The number of rotatable bonds is 4. The molecule has 2 heterocycles. The minimum Gasteiger partial charge on any atom is -0.347 e. The van der Waals surface area contributed by atoms with Crippen molar-refractivity contribution in [2.45, 2.75) is 25.9 Å². The first kappa shape index (κ1) is 15.5. The molecule has 116 valence electrons. The molecule has 5 heteroatoms. The van der Waals surface area contributed by atoms with Gasteiger partial charge in [-0.1, -0.05) is 29.8 Å². The maximum atomic E-state index is 12.2. The summed E-state index contributed by atoms with van der Waals surface area (Å²) in [5.41, 5.74) is 2.37. The molecule has 0 bridgehead atoms. The number of fused-ring (bicyclic) bond motifs is 1. The van der Waals surface area contributed by atoms with Gasteiger partial charge in [0.05, 0.1) is 6.54 Å². The quantitative estimate of drug-likeness (QED) is 0.882. The van der Waals surface area contributed by atoms with Crippen molar-refractivity contribution < 1.29 is 9.69 Å². The SMILES string of the molecule is C[C@H]1c2ccsc2CC[NH+]1CC(=O)NCc1ccccc1Cl. The van der Waals surface area contributed by atoms with Crippen LogP contribution < -0.4 is 10.2 Å². The van der Waals surface area contributed by atoms with Gasteiger partial charge in [0.25, 0.3) is 5.91 Å². The molecule has 0 saturated carbocycles. The molecule has 1 unspecified atom stereocenters. The van der Waals surface area contributed by atoms with Crippen LogP contribution in [0.25, 0.3) is 0 Å². The Bertz CT molecular complexity index is 670. The highest BCUT2D eigenvalue weighted by Crippen LogP contribution is 2.24. The third-order valence-corrected chi connectivity index (χ3v) is 5.72. The summed E-state index contributed by atoms with van der Waals surface area (Å²) in [6, 6.07) is 10.2. The number of hydrogen-bond acceptors (Lipinski definition) is 2. The fraction of sp³-hybridized carbons (Fsp3) is 0.353. The summed E-state index contributed by atoms with van der Waals surface area (Å²) in [6.07, 6.45) is 1.07. The predicted octanol–water partition coefficient (Wildman–Crippen LogP) is 2.22. The minimum absolute atomic E-state index is 0.0837. The standard InChI is InChI=1S/C17H19ClN2OS/c1-12-14-7-9-22-16(14)6-8-20(12)11-17(21)19-10-13-4-2-3-5-15(13)18/h2-5,7,9,12H,6,8,10-11H2,1H3,(H,19,21)/p+1/t12-/m0/s1. The van der Waals surface area contributed by atoms with E-state index < -0.39 is 0 Å². The second kappa shape index (κ2) is 6.82. The number of carbonyl (C=O) groups excluding carboxylic acids is 1. The average Bonchev–Trinajstić information content (AvgIpc) is 2.99. The van der Waals surface area contributed by atoms with Crippen molar-refractivity contribution >= 4 is 28.8 Å². The van der Waals surface area contributed by atoms with E-state index in [-0.39, 0.29) is 5.91 Å². The van der Waals surface area contributed by atoms with Crippen LogP contribution >= 0.6 is 22.9 Å². The minimum atomic E-state index is 0.0837. The van der Waals surface area contributed by atoms with Gasteiger partial charge in [0, 0.05) is 28.4 Å². The van der Waals surface area contributed by atoms with E-state index in [1.54, 1.807) is 0 Å². The van der Waals surface area contributed by atoms with Crippen molar-refractivity contribution in [1.29, 1.82) is 0 Å². The van der Waals surface area contributed by atoms with Gasteiger partial charge in [-0.15, -0.1) is 11.3 Å². The van der Waals surface area contributed by atoms with Crippen LogP contribution in [0.15, 0.2) is 35.7 Å². The number of benzene rings is 1. The fourth-order valence-electron chi connectivity index (χ4n) is 3.00. The number of quaternary nitrogens is 1. The molecule has 3 nitrogen and oxygen atoms in total. The molecule has 2 aromatic rings. The molecular formula is C17H20ClN2OS+. The molecule has 1 aromatic carbocycles. The van der Waals surface area contributed by atoms with Crippen LogP contribution in [0, 0.1) is 0 Å². The molecule has 22 heavy (non-hydrogen) atoms. The van der Waals surface area contributed by atoms with E-state index >= 15 is 0 Å². The Morgan fingerprint density at radius 2 is 2.23 bits per heavy atom. The summed E-state index contributed by atoms with van der Waals surface area (Å²) in [5, 5.41) is 5.84. The average molecular weight is 336 g/mol. The summed E-state index contributed by atoms with van der Waals surface area (Å²) in [6.45, 7) is 4.24. The molecule has 0 spiro atoms. The molecule has 0 aliphatic carbocycles. The van der Waals surface area contributed by atoms with Crippen LogP contribution in [0.5, 0.6) is 0 Å². The Kier molecular flexibility index (Phi) is 4.81. The zero-order valence-electron chi connectivity index (χ0n) is 12.6. The lowest BCUT2D eigenvalue weighted by atomic mass is 10.0. The zero-order chi connectivity index (χ0) is 15.5. The van der Waals surface area contributed by atoms with Crippen molar-refractivity contribution in [3.8, 4) is 0 Å². The van der Waals surface area contributed by atoms with Crippen LogP contribution in [0.1, 0.15) is 29.0 Å². The number of nitrogens with one attached hydrogen (secondary N) is 2. The molecule has 2 atom stereocenters. The van der Waals surface area contributed by atoms with Crippen LogP contribution in [-0.2, 0) is 17.8 Å². The first-order valence-electron chi connectivity index (χ1n) is 7.56. The van der Waals surface area contributed by atoms with Gasteiger partial charge >= 0.3 is 0 Å². The second-order valence-electron chi connectivity index (χ2n) is 5.72. The summed E-state index contributed by atoms with van der Waals surface area (Å²) >= 11 is 7.94. The molecule has 0 saturated heterocycles. The van der Waals surface area contributed by atoms with Crippen LogP contribution in [0.3, 0.4) is 0 Å². The topological polar surface area (TPSA) is 33.5 Å². The fourth-order valence-corrected chi connectivity index (χ4v) is 4.18. The maximum Gasteiger partial charge on any atom is 0.275 e. The smallest absolute Gasteiger partial charge is 0.275 e. The molecule has 2 N–H and O–H groups in total. The van der Waals surface area contributed by atoms with Crippen LogP contribution in [-0.4, -0.2) is 19.0 Å². The molecule has 3 rings (SSSR count). The molecule has 1 aliphatic heterocycles. The van der Waals surface area contributed by atoms with Gasteiger partial charge in [-0.25, -0.2) is 0 Å². The summed E-state index contributed by atoms with van der Waals surface area (Å²) in [7, 11) is 0. The largest absolute Gasteiger partial charge is 0.347 e. The highest BCUT2D eigenvalue weighted by molar-refractivity contribution is 7.10. The Balaban J connectivity index is 1.55. The molecule has 1 aromatic heterocycles. The van der Waals surface area contributed by atoms with E-state index in [1.165, 1.54) is 15.3 Å². The van der Waals surface area contributed by atoms with Gasteiger partial charge in [-0.2, -0.15) is 0 Å². The van der Waals surface area contributed by atoms with Crippen molar-refractivity contribution in [1.82, 2.24) is 5.32 Å². The Morgan fingerprint density at radius 3 is 3.05 bits per heavy atom. The molecular weight excluding hydrogens is 316 g/mol. The van der Waals surface area contributed by atoms with E-state index in [1.807, 2.05) is 35.6 Å². The predicted molar refractivity (Wildman–Crippen MR) is 90.4 cm³/mol. The Labute approximate surface area is 139 Å². The van der Waals surface area contributed by atoms with Gasteiger partial charge in [0.1, 0.15) is 6.04 Å². The Hall–Kier alpha value is -1.36. The van der Waals surface area contributed by atoms with Crippen LogP contribution in [0.4, 0.5) is 0 Å². The highest BCUT2D eigenvalue weighted by atomic mass is 35.5. The van der Waals surface area contributed by atoms with E-state index in [2.05, 4.69) is 23.7 Å². The molecule has 0 fully saturated rings. The van der Waals surface area contributed by atoms with E-state index in [4.69, 9.17) is 11.6 Å². The lowest BCUT2D eigenvalue weighted by molar-refractivity contribution is -0.924. The first-order valence-corrected chi connectivity index (χ1v) is 8.82. The van der Waals surface area contributed by atoms with E-state index in [9.17, 15) is 4.79 Å². The highest BCUT2D eigenvalue weighted by Gasteiger charge is 2.29. The van der Waals surface area contributed by atoms with Crippen molar-refractivity contribution in [2.24, 2.45) is 0 Å². The monoisotopic (exact) mass is 335 g/mol. The van der Waals surface area contributed by atoms with Crippen LogP contribution in [0.2, 0.25) is 5.02 Å². The zero-order valence-corrected chi connectivity index (χ0v) is 14.1. The number of hydrogen-bond donors (Lipinski definition) is 2. The number of halogens is 1. The van der Waals surface area contributed by atoms with Crippen molar-refractivity contribution in [2.75, 3.05) is 13.1 Å². The third-order valence-electron chi connectivity index (χ3n) is 4.35. The lowest BCUT2D eigenvalue weighted by Gasteiger charge is -2.29. The molecule has 0 radical (unpaired) electrons. The summed E-state index contributed by atoms with van der Waals surface area (Å²) < 4.78 is 0. The van der Waals surface area contributed by atoms with Gasteiger partial charge in [0.15, 0.2) is 6.54 Å². The summed E-state index contributed by atoms with van der Waals surface area (Å²) in [4.78, 5) is 15.0. The third kappa shape index (κ3) is 3.35. The number of carbonyl (C=O) groups is 1. The normalized spacial score (nSPS) is 20.5. The van der Waals surface area contributed by atoms with Gasteiger partial charge in [-0.05, 0) is 30.0 Å². The number of amides is 1. The lowest BCUT2D eigenvalue weighted by Crippen LogP contribution is -3.14. The van der Waals surface area contributed by atoms with Gasteiger partial charge in [0.2, 0.25) is 0 Å². The Morgan fingerprint density at radius 1 is 1.41 bits per heavy atom. The number of thiophene rings is 1. The van der Waals surface area contributed by atoms with Gasteiger partial charge in [-0.3, -0.25) is 4.79 Å². The maximum absolute atomic E-state index is 12.2. The van der Waals surface area contributed by atoms with Crippen molar-refractivity contribution in [3.63, 3.8) is 0 Å². The van der Waals surface area contributed by atoms with Gasteiger partial charge < -0.3 is 10.2 Å². The molecule has 1 amide bonds. The van der Waals surface area contributed by atoms with E-state index in [0.29, 0.717) is 24.2 Å².